The molecule has 0 heterocycles. The van der Waals surface area contributed by atoms with E-state index in [1.54, 1.807) is 24.3 Å². The summed E-state index contributed by atoms with van der Waals surface area (Å²) >= 11 is 0. The highest BCUT2D eigenvalue weighted by Crippen LogP contribution is 2.23. The molecular weight excluding hydrogens is 328 g/mol. The number of esters is 1. The first-order chi connectivity index (χ1) is 11.8. The molecule has 0 amide bonds. The van der Waals surface area contributed by atoms with Gasteiger partial charge < -0.3 is 15.2 Å². The molecule has 0 saturated carbocycles. The third-order valence-corrected chi connectivity index (χ3v) is 3.49. The van der Waals surface area contributed by atoms with E-state index in [-0.39, 0.29) is 11.3 Å². The van der Waals surface area contributed by atoms with Crippen molar-refractivity contribution in [3.63, 3.8) is 0 Å². The Morgan fingerprint density at radius 3 is 2.28 bits per heavy atom. The molecule has 2 aromatic carbocycles. The average Bonchev–Trinajstić information content (AvgIpc) is 2.61. The molecule has 0 radical (unpaired) electrons. The third-order valence-electron chi connectivity index (χ3n) is 3.49. The summed E-state index contributed by atoms with van der Waals surface area (Å²) in [6.07, 6.45) is -1.06. The van der Waals surface area contributed by atoms with Gasteiger partial charge in [-0.2, -0.15) is 0 Å². The largest absolute Gasteiger partial charge is 0.497 e. The Bertz CT molecular complexity index is 816. The van der Waals surface area contributed by atoms with Crippen molar-refractivity contribution in [1.29, 1.82) is 0 Å². The summed E-state index contributed by atoms with van der Waals surface area (Å²) in [4.78, 5) is 34.6. The number of nitro groups is 1. The zero-order chi connectivity index (χ0) is 18.6. The van der Waals surface area contributed by atoms with Crippen molar-refractivity contribution in [3.05, 3.63) is 63.7 Å². The van der Waals surface area contributed by atoms with Gasteiger partial charge in [0, 0.05) is 11.6 Å². The van der Waals surface area contributed by atoms with Crippen LogP contribution in [-0.4, -0.2) is 29.9 Å². The van der Waals surface area contributed by atoms with E-state index >= 15 is 0 Å². The highest BCUT2D eigenvalue weighted by Gasteiger charge is 2.22. The number of benzene rings is 2. The lowest BCUT2D eigenvalue weighted by molar-refractivity contribution is -0.383. The maximum absolute atomic E-state index is 12.3. The molecule has 0 aliphatic rings. The Balaban J connectivity index is 2.12. The van der Waals surface area contributed by atoms with Gasteiger partial charge >= 0.3 is 5.97 Å². The van der Waals surface area contributed by atoms with Crippen molar-refractivity contribution in [2.24, 2.45) is 0 Å². The summed E-state index contributed by atoms with van der Waals surface area (Å²) in [5.41, 5.74) is 5.31. The molecule has 2 N–H and O–H groups in total. The Hall–Kier alpha value is -3.42. The summed E-state index contributed by atoms with van der Waals surface area (Å²) in [6, 6.07) is 9.90. The third kappa shape index (κ3) is 4.11. The van der Waals surface area contributed by atoms with Gasteiger partial charge in [0.1, 0.15) is 11.4 Å². The van der Waals surface area contributed by atoms with Gasteiger partial charge in [-0.3, -0.25) is 14.9 Å². The van der Waals surface area contributed by atoms with Crippen LogP contribution in [0.3, 0.4) is 0 Å². The molecule has 0 unspecified atom stereocenters. The molecular formula is C17H16N2O6. The van der Waals surface area contributed by atoms with Gasteiger partial charge in [-0.25, -0.2) is 4.79 Å². The number of methoxy groups -OCH3 is 1. The van der Waals surface area contributed by atoms with Crippen LogP contribution >= 0.6 is 0 Å². The van der Waals surface area contributed by atoms with Crippen molar-refractivity contribution >= 4 is 23.1 Å². The number of nitrogens with two attached hydrogens (primary N) is 1. The van der Waals surface area contributed by atoms with E-state index in [0.717, 1.165) is 6.07 Å². The van der Waals surface area contributed by atoms with Crippen LogP contribution in [0.25, 0.3) is 0 Å². The van der Waals surface area contributed by atoms with Gasteiger partial charge in [0.25, 0.3) is 5.69 Å². The fourth-order valence-corrected chi connectivity index (χ4v) is 2.10. The molecule has 0 aromatic heterocycles. The second-order valence-electron chi connectivity index (χ2n) is 5.17. The minimum atomic E-state index is -1.06. The SMILES string of the molecule is COc1ccc(C(=O)[C@H](C)OC(=O)c2ccc(N)c([N+](=O)[O-])c2)cc1. The standard InChI is InChI=1S/C17H16N2O6/c1-10(16(20)11-3-6-13(24-2)7-4-11)25-17(21)12-5-8-14(18)15(9-12)19(22)23/h3-10H,18H2,1-2H3/t10-/m0/s1. The van der Waals surface area contributed by atoms with Crippen molar-refractivity contribution < 1.29 is 24.0 Å². The smallest absolute Gasteiger partial charge is 0.339 e. The maximum atomic E-state index is 12.3. The highest BCUT2D eigenvalue weighted by molar-refractivity contribution is 6.01. The number of nitrogens with zero attached hydrogens (tertiary/aromatic N) is 1. The van der Waals surface area contributed by atoms with Crippen LogP contribution in [0.5, 0.6) is 5.75 Å². The van der Waals surface area contributed by atoms with Crippen LogP contribution in [0.4, 0.5) is 11.4 Å². The highest BCUT2D eigenvalue weighted by atomic mass is 16.6. The molecule has 0 fully saturated rings. The number of nitrogen functional groups attached to an aromatic ring is 1. The lowest BCUT2D eigenvalue weighted by Crippen LogP contribution is -2.24. The molecule has 8 nitrogen and oxygen atoms in total. The topological polar surface area (TPSA) is 122 Å². The minimum Gasteiger partial charge on any atom is -0.497 e. The van der Waals surface area contributed by atoms with Gasteiger partial charge in [-0.05, 0) is 43.3 Å². The number of ether oxygens (including phenoxy) is 2. The first-order valence-electron chi connectivity index (χ1n) is 7.26. The predicted octanol–water partition coefficient (Wildman–Crippen LogP) is 2.61. The lowest BCUT2D eigenvalue weighted by Gasteiger charge is -2.13. The van der Waals surface area contributed by atoms with Crippen LogP contribution < -0.4 is 10.5 Å². The number of hydrogen-bond donors (Lipinski definition) is 1. The Kier molecular flexibility index (Phi) is 5.33. The van der Waals surface area contributed by atoms with Crippen LogP contribution in [-0.2, 0) is 4.74 Å². The van der Waals surface area contributed by atoms with Gasteiger partial charge in [0.05, 0.1) is 17.6 Å². The number of rotatable bonds is 6. The molecule has 0 bridgehead atoms. The molecule has 2 rings (SSSR count). The average molecular weight is 344 g/mol. The molecule has 25 heavy (non-hydrogen) atoms. The lowest BCUT2D eigenvalue weighted by atomic mass is 10.1. The zero-order valence-corrected chi connectivity index (χ0v) is 13.6. The monoisotopic (exact) mass is 344 g/mol. The number of hydrogen-bond acceptors (Lipinski definition) is 7. The predicted molar refractivity (Wildman–Crippen MR) is 89.7 cm³/mol. The molecule has 1 atom stereocenters. The van der Waals surface area contributed by atoms with Gasteiger partial charge in [-0.15, -0.1) is 0 Å². The first-order valence-corrected chi connectivity index (χ1v) is 7.26. The summed E-state index contributed by atoms with van der Waals surface area (Å²) in [7, 11) is 1.51. The molecule has 0 saturated heterocycles. The second kappa shape index (κ2) is 7.43. The molecule has 130 valence electrons. The maximum Gasteiger partial charge on any atom is 0.339 e. The summed E-state index contributed by atoms with van der Waals surface area (Å²) < 4.78 is 10.1. The van der Waals surface area contributed by atoms with Gasteiger partial charge in [-0.1, -0.05) is 0 Å². The normalized spacial score (nSPS) is 11.4. The molecule has 2 aromatic rings. The van der Waals surface area contributed by atoms with Crippen LogP contribution in [0.1, 0.15) is 27.6 Å². The number of nitro benzene ring substituents is 1. The Morgan fingerprint density at radius 2 is 1.72 bits per heavy atom. The fraction of sp³-hybridized carbons (Fsp3) is 0.176. The zero-order valence-electron chi connectivity index (χ0n) is 13.6. The van der Waals surface area contributed by atoms with Crippen LogP contribution in [0.15, 0.2) is 42.5 Å². The van der Waals surface area contributed by atoms with Crippen molar-refractivity contribution in [2.45, 2.75) is 13.0 Å². The van der Waals surface area contributed by atoms with Gasteiger partial charge in [0.15, 0.2) is 6.10 Å². The van der Waals surface area contributed by atoms with Crippen molar-refractivity contribution in [3.8, 4) is 5.75 Å². The van der Waals surface area contributed by atoms with Crippen LogP contribution in [0, 0.1) is 10.1 Å². The quantitative estimate of drug-likeness (QED) is 0.281. The number of carbonyl (C=O) groups is 2. The molecule has 0 aliphatic heterocycles. The van der Waals surface area contributed by atoms with Crippen molar-refractivity contribution in [1.82, 2.24) is 0 Å². The van der Waals surface area contributed by atoms with E-state index in [1.807, 2.05) is 0 Å². The van der Waals surface area contributed by atoms with E-state index in [4.69, 9.17) is 15.2 Å². The molecule has 8 heteroatoms. The minimum absolute atomic E-state index is 0.0599. The van der Waals surface area contributed by atoms with E-state index in [9.17, 15) is 19.7 Å². The van der Waals surface area contributed by atoms with Gasteiger partial charge in [0.2, 0.25) is 5.78 Å². The summed E-state index contributed by atoms with van der Waals surface area (Å²) in [5, 5.41) is 10.9. The summed E-state index contributed by atoms with van der Waals surface area (Å²) in [6.45, 7) is 1.43. The first kappa shape index (κ1) is 17.9. The number of anilines is 1. The second-order valence-corrected chi connectivity index (χ2v) is 5.17. The summed E-state index contributed by atoms with van der Waals surface area (Å²) in [5.74, 6) is -0.659. The van der Waals surface area contributed by atoms with Crippen LogP contribution in [0.2, 0.25) is 0 Å². The Morgan fingerprint density at radius 1 is 1.12 bits per heavy atom. The molecule has 0 aliphatic carbocycles. The van der Waals surface area contributed by atoms with Crippen molar-refractivity contribution in [2.75, 3.05) is 12.8 Å². The van der Waals surface area contributed by atoms with E-state index in [2.05, 4.69) is 0 Å². The number of ketones is 1. The van der Waals surface area contributed by atoms with E-state index in [0.29, 0.717) is 11.3 Å². The Labute approximate surface area is 143 Å². The number of Topliss-reactive ketones (excluding diaryl/α,β-unsaturated/α-hetero) is 1. The fourth-order valence-electron chi connectivity index (χ4n) is 2.10. The van der Waals surface area contributed by atoms with E-state index < -0.39 is 28.5 Å². The van der Waals surface area contributed by atoms with E-state index in [1.165, 1.54) is 26.2 Å². The number of carbonyl (C=O) groups excluding carboxylic acids is 2. The molecule has 0 spiro atoms.